The number of thiophene rings is 1. The van der Waals surface area contributed by atoms with Crippen LogP contribution in [0.15, 0.2) is 59.2 Å². The lowest BCUT2D eigenvalue weighted by Gasteiger charge is -2.10. The van der Waals surface area contributed by atoms with Crippen LogP contribution >= 0.6 is 11.3 Å². The van der Waals surface area contributed by atoms with E-state index in [1.165, 1.54) is 15.9 Å². The Morgan fingerprint density at radius 1 is 1.16 bits per heavy atom. The summed E-state index contributed by atoms with van der Waals surface area (Å²) in [6.45, 7) is 15.5. The van der Waals surface area contributed by atoms with Crippen molar-refractivity contribution < 1.29 is 5.11 Å². The molecule has 0 fully saturated rings. The van der Waals surface area contributed by atoms with Gasteiger partial charge in [-0.3, -0.25) is 4.79 Å². The Morgan fingerprint density at radius 2 is 1.75 bits per heavy atom. The number of aromatic nitrogens is 3. The SMILES string of the molecule is C/C=C\C.C=CC.CC.Cc1csc2nc3c4ccccc4c(NCCO)nn3c(=O)c12. The largest absolute Gasteiger partial charge is 0.395 e. The number of rotatable bonds is 3. The molecule has 0 saturated carbocycles. The third-order valence-electron chi connectivity index (χ3n) is 4.13. The van der Waals surface area contributed by atoms with Crippen LogP contribution in [0.1, 0.15) is 40.2 Å². The lowest BCUT2D eigenvalue weighted by atomic mass is 10.1. The first-order valence-electron chi connectivity index (χ1n) is 10.7. The maximum absolute atomic E-state index is 12.8. The Balaban J connectivity index is 0.000000496. The highest BCUT2D eigenvalue weighted by Crippen LogP contribution is 2.26. The quantitative estimate of drug-likeness (QED) is 0.294. The first-order valence-corrected chi connectivity index (χ1v) is 11.6. The second-order valence-electron chi connectivity index (χ2n) is 6.37. The van der Waals surface area contributed by atoms with Gasteiger partial charge in [0.25, 0.3) is 5.56 Å². The summed E-state index contributed by atoms with van der Waals surface area (Å²) < 4.78 is 1.35. The molecule has 0 unspecified atom stereocenters. The van der Waals surface area contributed by atoms with Gasteiger partial charge in [-0.1, -0.05) is 56.3 Å². The van der Waals surface area contributed by atoms with Crippen LogP contribution in [0.3, 0.4) is 0 Å². The van der Waals surface area contributed by atoms with E-state index in [4.69, 9.17) is 5.11 Å². The number of hydrogen-bond acceptors (Lipinski definition) is 6. The highest BCUT2D eigenvalue weighted by Gasteiger charge is 2.15. The van der Waals surface area contributed by atoms with E-state index in [1.54, 1.807) is 6.08 Å². The summed E-state index contributed by atoms with van der Waals surface area (Å²) in [6, 6.07) is 7.68. The van der Waals surface area contributed by atoms with Crippen molar-refractivity contribution in [1.29, 1.82) is 0 Å². The van der Waals surface area contributed by atoms with Gasteiger partial charge in [-0.05, 0) is 38.6 Å². The van der Waals surface area contributed by atoms with Crippen molar-refractivity contribution in [3.63, 3.8) is 0 Å². The van der Waals surface area contributed by atoms with Gasteiger partial charge >= 0.3 is 0 Å². The lowest BCUT2D eigenvalue weighted by Crippen LogP contribution is -2.20. The minimum atomic E-state index is -0.165. The summed E-state index contributed by atoms with van der Waals surface area (Å²) in [6.07, 6.45) is 5.75. The maximum atomic E-state index is 12.8. The molecule has 0 bridgehead atoms. The van der Waals surface area contributed by atoms with Crippen molar-refractivity contribution in [3.8, 4) is 0 Å². The fourth-order valence-corrected chi connectivity index (χ4v) is 3.64. The molecule has 1 aromatic carbocycles. The number of nitrogens with zero attached hydrogens (tertiary/aromatic N) is 3. The van der Waals surface area contributed by atoms with Gasteiger partial charge in [-0.2, -0.15) is 4.52 Å². The molecule has 3 aromatic heterocycles. The fraction of sp³-hybridized carbons (Fsp3) is 0.320. The zero-order chi connectivity index (χ0) is 24.1. The van der Waals surface area contributed by atoms with Crippen LogP contribution in [0.2, 0.25) is 0 Å². The van der Waals surface area contributed by atoms with Crippen LogP contribution in [0.5, 0.6) is 0 Å². The summed E-state index contributed by atoms with van der Waals surface area (Å²) in [5, 5.41) is 20.8. The molecular weight excluding hydrogens is 420 g/mol. The summed E-state index contributed by atoms with van der Waals surface area (Å²) in [5.74, 6) is 0.568. The molecule has 6 nitrogen and oxygen atoms in total. The van der Waals surface area contributed by atoms with E-state index in [9.17, 15) is 4.79 Å². The Bertz CT molecular complexity index is 1220. The molecule has 0 aliphatic carbocycles. The van der Waals surface area contributed by atoms with E-state index >= 15 is 0 Å². The number of nitrogens with one attached hydrogen (secondary N) is 1. The number of hydrogen-bond donors (Lipinski definition) is 2. The molecule has 32 heavy (non-hydrogen) atoms. The van der Waals surface area contributed by atoms with Crippen molar-refractivity contribution in [3.05, 3.63) is 70.4 Å². The molecule has 3 heterocycles. The monoisotopic (exact) mass is 454 g/mol. The van der Waals surface area contributed by atoms with Crippen LogP contribution in [0, 0.1) is 6.92 Å². The molecule has 0 amide bonds. The molecular formula is C25H34N4O2S. The fourth-order valence-electron chi connectivity index (χ4n) is 2.73. The number of aliphatic hydroxyl groups is 1. The maximum Gasteiger partial charge on any atom is 0.283 e. The van der Waals surface area contributed by atoms with Crippen LogP contribution in [0.4, 0.5) is 5.82 Å². The molecule has 0 aliphatic rings. The number of anilines is 1. The minimum absolute atomic E-state index is 0.0101. The van der Waals surface area contributed by atoms with Crippen LogP contribution in [0.25, 0.3) is 26.6 Å². The third kappa shape index (κ3) is 6.24. The first kappa shape index (κ1) is 27.0. The van der Waals surface area contributed by atoms with Crippen LogP contribution < -0.4 is 10.9 Å². The van der Waals surface area contributed by atoms with Crippen molar-refractivity contribution in [2.75, 3.05) is 18.5 Å². The van der Waals surface area contributed by atoms with E-state index in [0.29, 0.717) is 23.4 Å². The highest BCUT2D eigenvalue weighted by molar-refractivity contribution is 7.16. The minimum Gasteiger partial charge on any atom is -0.395 e. The Morgan fingerprint density at radius 3 is 2.31 bits per heavy atom. The molecule has 0 aliphatic heterocycles. The molecule has 172 valence electrons. The normalized spacial score (nSPS) is 10.1. The summed E-state index contributed by atoms with van der Waals surface area (Å²) in [5.41, 5.74) is 1.30. The average Bonchev–Trinajstić information content (AvgIpc) is 3.20. The van der Waals surface area contributed by atoms with Crippen molar-refractivity contribution >= 4 is 43.8 Å². The van der Waals surface area contributed by atoms with Gasteiger partial charge < -0.3 is 10.4 Å². The number of fused-ring (bicyclic) bond motifs is 4. The van der Waals surface area contributed by atoms with Gasteiger partial charge in [0, 0.05) is 17.3 Å². The van der Waals surface area contributed by atoms with E-state index in [-0.39, 0.29) is 12.2 Å². The van der Waals surface area contributed by atoms with E-state index in [1.807, 2.05) is 83.3 Å². The Hall–Kier alpha value is -3.03. The summed E-state index contributed by atoms with van der Waals surface area (Å²) >= 11 is 1.47. The van der Waals surface area contributed by atoms with Gasteiger partial charge in [-0.15, -0.1) is 23.0 Å². The molecule has 4 aromatic rings. The van der Waals surface area contributed by atoms with Crippen LogP contribution in [-0.4, -0.2) is 32.9 Å². The highest BCUT2D eigenvalue weighted by atomic mass is 32.1. The molecule has 7 heteroatoms. The Kier molecular flexibility index (Phi) is 11.9. The predicted molar refractivity (Wildman–Crippen MR) is 140 cm³/mol. The summed E-state index contributed by atoms with van der Waals surface area (Å²) in [7, 11) is 0. The number of aliphatic hydroxyl groups excluding tert-OH is 1. The number of benzene rings is 1. The zero-order valence-corrected chi connectivity index (χ0v) is 20.7. The third-order valence-corrected chi connectivity index (χ3v) is 5.12. The molecule has 4 rings (SSSR count). The van der Waals surface area contributed by atoms with Crippen molar-refractivity contribution in [2.24, 2.45) is 0 Å². The lowest BCUT2D eigenvalue weighted by molar-refractivity contribution is 0.311. The van der Waals surface area contributed by atoms with E-state index < -0.39 is 0 Å². The van der Waals surface area contributed by atoms with Crippen molar-refractivity contribution in [1.82, 2.24) is 14.6 Å². The first-order chi connectivity index (χ1) is 15.5. The predicted octanol–water partition coefficient (Wildman–Crippen LogP) is 5.97. The second-order valence-corrected chi connectivity index (χ2v) is 7.23. The van der Waals surface area contributed by atoms with Gasteiger partial charge in [-0.25, -0.2) is 4.98 Å². The molecule has 0 spiro atoms. The number of allylic oxidation sites excluding steroid dienone is 3. The number of aryl methyl sites for hydroxylation is 1. The van der Waals surface area contributed by atoms with Gasteiger partial charge in [0.1, 0.15) is 4.83 Å². The molecule has 0 atom stereocenters. The van der Waals surface area contributed by atoms with Crippen molar-refractivity contribution in [2.45, 2.75) is 41.5 Å². The molecule has 0 saturated heterocycles. The average molecular weight is 455 g/mol. The molecule has 2 N–H and O–H groups in total. The molecule has 0 radical (unpaired) electrons. The standard InChI is InChI=1S/C16H14N4O2S.C4H8.C3H6.C2H6/c1-9-8-23-15-12(9)16(22)20-14(18-15)11-5-3-2-4-10(11)13(19-20)17-6-7-21;1-3-4-2;1-3-2;1-2/h2-5,8,21H,6-7H2,1H3,(H,17,19);3-4H,1-2H3;3H,1H2,2H3;1-2H3/b;4-3-;;. The smallest absolute Gasteiger partial charge is 0.283 e. The topological polar surface area (TPSA) is 79.5 Å². The van der Waals surface area contributed by atoms with Crippen LogP contribution in [-0.2, 0) is 0 Å². The Labute approximate surface area is 193 Å². The summed E-state index contributed by atoms with van der Waals surface area (Å²) in [4.78, 5) is 18.2. The van der Waals surface area contributed by atoms with Gasteiger partial charge in [0.15, 0.2) is 11.5 Å². The zero-order valence-electron chi connectivity index (χ0n) is 19.8. The van der Waals surface area contributed by atoms with E-state index in [2.05, 4.69) is 22.0 Å². The van der Waals surface area contributed by atoms with Gasteiger partial charge in [0.05, 0.1) is 12.0 Å². The second kappa shape index (κ2) is 14.1. The van der Waals surface area contributed by atoms with Gasteiger partial charge in [0.2, 0.25) is 0 Å². The van der Waals surface area contributed by atoms with E-state index in [0.717, 1.165) is 21.2 Å².